The van der Waals surface area contributed by atoms with Gasteiger partial charge in [0.25, 0.3) is 5.91 Å². The van der Waals surface area contributed by atoms with E-state index in [1.165, 1.54) is 37.7 Å². The smallest absolute Gasteiger partial charge is 0.262 e. The van der Waals surface area contributed by atoms with E-state index in [2.05, 4.69) is 12.2 Å². The Morgan fingerprint density at radius 3 is 2.54 bits per heavy atom. The average Bonchev–Trinajstić information content (AvgIpc) is 2.74. The van der Waals surface area contributed by atoms with E-state index < -0.39 is 0 Å². The zero-order chi connectivity index (χ0) is 19.6. The zero-order valence-corrected chi connectivity index (χ0v) is 16.8. The average molecular weight is 382 g/mol. The summed E-state index contributed by atoms with van der Waals surface area (Å²) < 4.78 is 11.4. The van der Waals surface area contributed by atoms with E-state index in [9.17, 15) is 4.79 Å². The lowest BCUT2D eigenvalue weighted by molar-refractivity contribution is -0.118. The highest BCUT2D eigenvalue weighted by Crippen LogP contribution is 2.26. The van der Waals surface area contributed by atoms with Crippen molar-refractivity contribution in [2.45, 2.75) is 51.9 Å². The zero-order valence-electron chi connectivity index (χ0n) is 16.8. The second-order valence-corrected chi connectivity index (χ2v) is 7.50. The third kappa shape index (κ3) is 6.59. The maximum Gasteiger partial charge on any atom is 0.262 e. The molecule has 1 aliphatic rings. The molecule has 1 N–H and O–H groups in total. The molecule has 150 valence electrons. The van der Waals surface area contributed by atoms with Crippen LogP contribution in [0.1, 0.15) is 51.0 Å². The molecule has 1 fully saturated rings. The molecular formula is C24H31NO3. The molecule has 0 heterocycles. The van der Waals surface area contributed by atoms with E-state index in [0.29, 0.717) is 0 Å². The number of benzene rings is 2. The Hall–Kier alpha value is -2.49. The number of carbonyl (C=O) groups is 1. The highest BCUT2D eigenvalue weighted by molar-refractivity contribution is 5.91. The van der Waals surface area contributed by atoms with Crippen LogP contribution in [0.4, 0.5) is 5.69 Å². The van der Waals surface area contributed by atoms with Crippen LogP contribution < -0.4 is 14.8 Å². The van der Waals surface area contributed by atoms with Crippen molar-refractivity contribution in [3.05, 3.63) is 54.1 Å². The molecule has 0 bridgehead atoms. The lowest BCUT2D eigenvalue weighted by atomic mass is 9.87. The summed E-state index contributed by atoms with van der Waals surface area (Å²) in [5.74, 6) is 2.22. The number of ether oxygens (including phenoxy) is 2. The molecule has 2 aromatic rings. The summed E-state index contributed by atoms with van der Waals surface area (Å²) in [5, 5.41) is 2.86. The Morgan fingerprint density at radius 2 is 1.79 bits per heavy atom. The van der Waals surface area contributed by atoms with Crippen LogP contribution in [-0.4, -0.2) is 19.1 Å². The van der Waals surface area contributed by atoms with Gasteiger partial charge < -0.3 is 14.8 Å². The van der Waals surface area contributed by atoms with E-state index in [1.54, 1.807) is 0 Å². The van der Waals surface area contributed by atoms with Crippen LogP contribution in [0.5, 0.6) is 11.5 Å². The maximum absolute atomic E-state index is 12.1. The Labute approximate surface area is 168 Å². The number of amides is 1. The van der Waals surface area contributed by atoms with E-state index in [1.807, 2.05) is 48.5 Å². The second-order valence-electron chi connectivity index (χ2n) is 7.50. The van der Waals surface area contributed by atoms with Gasteiger partial charge in [0.15, 0.2) is 6.61 Å². The van der Waals surface area contributed by atoms with Crippen LogP contribution in [0, 0.1) is 5.92 Å². The predicted octanol–water partition coefficient (Wildman–Crippen LogP) is 5.62. The van der Waals surface area contributed by atoms with Crippen molar-refractivity contribution < 1.29 is 14.3 Å². The first kappa shape index (κ1) is 20.2. The van der Waals surface area contributed by atoms with Gasteiger partial charge in [0.05, 0.1) is 6.61 Å². The fraction of sp³-hybridized carbons (Fsp3) is 0.458. The largest absolute Gasteiger partial charge is 0.494 e. The molecule has 28 heavy (non-hydrogen) atoms. The SMILES string of the molecule is CCc1cccc(OCC(=O)Nc2ccc(OCCC3CCCCC3)cc2)c1. The Kier molecular flexibility index (Phi) is 7.77. The number of nitrogens with one attached hydrogen (secondary N) is 1. The standard InChI is InChI=1S/C24H31NO3/c1-2-19-9-6-10-23(17-19)28-18-24(26)25-21-11-13-22(14-12-21)27-16-15-20-7-4-3-5-8-20/h6,9-14,17,20H,2-5,7-8,15-16,18H2,1H3,(H,25,26). The van der Waals surface area contributed by atoms with Crippen molar-refractivity contribution in [2.75, 3.05) is 18.5 Å². The molecule has 2 aromatic carbocycles. The van der Waals surface area contributed by atoms with Crippen LogP contribution in [0.15, 0.2) is 48.5 Å². The van der Waals surface area contributed by atoms with Gasteiger partial charge in [0.1, 0.15) is 11.5 Å². The van der Waals surface area contributed by atoms with Crippen molar-refractivity contribution in [1.29, 1.82) is 0 Å². The molecule has 1 saturated carbocycles. The monoisotopic (exact) mass is 381 g/mol. The number of rotatable bonds is 9. The quantitative estimate of drug-likeness (QED) is 0.613. The summed E-state index contributed by atoms with van der Waals surface area (Å²) in [6.07, 6.45) is 8.89. The fourth-order valence-electron chi connectivity index (χ4n) is 3.65. The van der Waals surface area contributed by atoms with Gasteiger partial charge in [0, 0.05) is 5.69 Å². The first-order valence-electron chi connectivity index (χ1n) is 10.5. The number of carbonyl (C=O) groups excluding carboxylic acids is 1. The highest BCUT2D eigenvalue weighted by Gasteiger charge is 2.13. The highest BCUT2D eigenvalue weighted by atomic mass is 16.5. The van der Waals surface area contributed by atoms with Crippen molar-refractivity contribution >= 4 is 11.6 Å². The van der Waals surface area contributed by atoms with Gasteiger partial charge in [-0.25, -0.2) is 0 Å². The minimum atomic E-state index is -0.173. The summed E-state index contributed by atoms with van der Waals surface area (Å²) >= 11 is 0. The van der Waals surface area contributed by atoms with Crippen LogP contribution in [0.25, 0.3) is 0 Å². The molecule has 4 nitrogen and oxygen atoms in total. The van der Waals surface area contributed by atoms with E-state index in [-0.39, 0.29) is 12.5 Å². The minimum absolute atomic E-state index is 0.00714. The summed E-state index contributed by atoms with van der Waals surface area (Å²) in [6.45, 7) is 2.85. The molecule has 0 spiro atoms. The Balaban J connectivity index is 1.38. The lowest BCUT2D eigenvalue weighted by Crippen LogP contribution is -2.20. The maximum atomic E-state index is 12.1. The lowest BCUT2D eigenvalue weighted by Gasteiger charge is -2.21. The van der Waals surface area contributed by atoms with Crippen LogP contribution >= 0.6 is 0 Å². The molecule has 1 aliphatic carbocycles. The molecule has 0 saturated heterocycles. The second kappa shape index (κ2) is 10.7. The number of hydrogen-bond donors (Lipinski definition) is 1. The number of anilines is 1. The summed E-state index contributed by atoms with van der Waals surface area (Å²) in [6, 6.07) is 15.4. The van der Waals surface area contributed by atoms with Crippen LogP contribution in [0.3, 0.4) is 0 Å². The summed E-state index contributed by atoms with van der Waals surface area (Å²) in [5.41, 5.74) is 1.94. The van der Waals surface area contributed by atoms with Gasteiger partial charge in [-0.05, 0) is 60.7 Å². The minimum Gasteiger partial charge on any atom is -0.494 e. The topological polar surface area (TPSA) is 47.6 Å². The third-order valence-corrected chi connectivity index (χ3v) is 5.33. The Bertz CT molecular complexity index is 736. The fourth-order valence-corrected chi connectivity index (χ4v) is 3.65. The molecule has 0 radical (unpaired) electrons. The van der Waals surface area contributed by atoms with Crippen LogP contribution in [0.2, 0.25) is 0 Å². The molecule has 0 aromatic heterocycles. The summed E-state index contributed by atoms with van der Waals surface area (Å²) in [4.78, 5) is 12.1. The first-order chi connectivity index (χ1) is 13.7. The van der Waals surface area contributed by atoms with Gasteiger partial charge in [-0.15, -0.1) is 0 Å². The molecule has 0 aliphatic heterocycles. The summed E-state index contributed by atoms with van der Waals surface area (Å²) in [7, 11) is 0. The first-order valence-corrected chi connectivity index (χ1v) is 10.5. The van der Waals surface area contributed by atoms with Gasteiger partial charge in [-0.2, -0.15) is 0 Å². The van der Waals surface area contributed by atoms with Gasteiger partial charge in [-0.1, -0.05) is 51.2 Å². The van der Waals surface area contributed by atoms with Gasteiger partial charge in [0.2, 0.25) is 0 Å². The van der Waals surface area contributed by atoms with E-state index >= 15 is 0 Å². The van der Waals surface area contributed by atoms with Gasteiger partial charge in [-0.3, -0.25) is 4.79 Å². The molecule has 4 heteroatoms. The number of hydrogen-bond acceptors (Lipinski definition) is 3. The van der Waals surface area contributed by atoms with Crippen molar-refractivity contribution in [3.8, 4) is 11.5 Å². The van der Waals surface area contributed by atoms with Crippen LogP contribution in [-0.2, 0) is 11.2 Å². The normalized spacial score (nSPS) is 14.5. The van der Waals surface area contributed by atoms with Gasteiger partial charge >= 0.3 is 0 Å². The predicted molar refractivity (Wildman–Crippen MR) is 113 cm³/mol. The van der Waals surface area contributed by atoms with Crippen molar-refractivity contribution in [3.63, 3.8) is 0 Å². The number of aryl methyl sites for hydroxylation is 1. The molecular weight excluding hydrogens is 350 g/mol. The molecule has 3 rings (SSSR count). The van der Waals surface area contributed by atoms with Crippen molar-refractivity contribution in [1.82, 2.24) is 0 Å². The van der Waals surface area contributed by atoms with Crippen molar-refractivity contribution in [2.24, 2.45) is 5.92 Å². The molecule has 0 unspecified atom stereocenters. The van der Waals surface area contributed by atoms with E-state index in [0.717, 1.165) is 42.6 Å². The Morgan fingerprint density at radius 1 is 1.00 bits per heavy atom. The molecule has 0 atom stereocenters. The van der Waals surface area contributed by atoms with E-state index in [4.69, 9.17) is 9.47 Å². The third-order valence-electron chi connectivity index (χ3n) is 5.33. The molecule has 1 amide bonds.